The molecule has 0 bridgehead atoms. The van der Waals surface area contributed by atoms with Crippen LogP contribution in [0.4, 0.5) is 4.79 Å². The van der Waals surface area contributed by atoms with Crippen molar-refractivity contribution < 1.29 is 33.5 Å². The van der Waals surface area contributed by atoms with Crippen molar-refractivity contribution in [1.82, 2.24) is 4.90 Å². The molecule has 1 saturated heterocycles. The minimum atomic E-state index is -0.588. The van der Waals surface area contributed by atoms with Crippen LogP contribution in [-0.4, -0.2) is 24.1 Å². The third kappa shape index (κ3) is 1.69. The van der Waals surface area contributed by atoms with E-state index < -0.39 is 12.0 Å². The standard InChI is InChI=1S/C5H7NO3.Li/c1-4(7)6-2-3-9-5(6)8;/h7H,1-3H2;/q;+1/p-1. The zero-order valence-electron chi connectivity index (χ0n) is 5.79. The maximum absolute atomic E-state index is 10.5. The molecule has 1 rings (SSSR count). The van der Waals surface area contributed by atoms with Gasteiger partial charge in [-0.05, 0) is 5.88 Å². The summed E-state index contributed by atoms with van der Waals surface area (Å²) >= 11 is 0. The predicted octanol–water partition coefficient (Wildman–Crippen LogP) is -3.73. The van der Waals surface area contributed by atoms with Gasteiger partial charge < -0.3 is 9.84 Å². The fraction of sp³-hybridized carbons (Fsp3) is 0.400. The molecule has 5 heteroatoms. The molecule has 0 unspecified atom stereocenters. The molecular formula is C5H6LiNO3. The van der Waals surface area contributed by atoms with Crippen LogP contribution in [0.25, 0.3) is 0 Å². The molecule has 0 atom stereocenters. The van der Waals surface area contributed by atoms with E-state index in [1.165, 1.54) is 0 Å². The molecule has 10 heavy (non-hydrogen) atoms. The summed E-state index contributed by atoms with van der Waals surface area (Å²) in [6.07, 6.45) is -0.588. The Hall–Kier alpha value is -0.593. The molecule has 1 aliphatic heterocycles. The summed E-state index contributed by atoms with van der Waals surface area (Å²) in [5.74, 6) is -0.502. The molecular weight excluding hydrogens is 129 g/mol. The second kappa shape index (κ2) is 3.55. The Morgan fingerprint density at radius 3 is 2.60 bits per heavy atom. The van der Waals surface area contributed by atoms with Gasteiger partial charge in [-0.2, -0.15) is 0 Å². The van der Waals surface area contributed by atoms with Crippen molar-refractivity contribution in [2.24, 2.45) is 0 Å². The maximum Gasteiger partial charge on any atom is 1.00 e. The molecule has 1 aliphatic rings. The fourth-order valence-electron chi connectivity index (χ4n) is 0.620. The van der Waals surface area contributed by atoms with E-state index in [2.05, 4.69) is 11.3 Å². The summed E-state index contributed by atoms with van der Waals surface area (Å²) in [6.45, 7) is 3.68. The maximum atomic E-state index is 10.5. The summed E-state index contributed by atoms with van der Waals surface area (Å²) in [5.41, 5.74) is 0. The minimum Gasteiger partial charge on any atom is -0.860 e. The second-order valence-corrected chi connectivity index (χ2v) is 1.66. The van der Waals surface area contributed by atoms with Crippen molar-refractivity contribution in [3.8, 4) is 0 Å². The minimum absolute atomic E-state index is 0. The first-order chi connectivity index (χ1) is 4.22. The summed E-state index contributed by atoms with van der Waals surface area (Å²) in [4.78, 5) is 11.4. The molecule has 0 radical (unpaired) electrons. The van der Waals surface area contributed by atoms with Gasteiger partial charge in [0, 0.05) is 0 Å². The first kappa shape index (κ1) is 9.41. The second-order valence-electron chi connectivity index (χ2n) is 1.66. The first-order valence-corrected chi connectivity index (χ1v) is 2.52. The summed E-state index contributed by atoms with van der Waals surface area (Å²) in [7, 11) is 0. The first-order valence-electron chi connectivity index (χ1n) is 2.52. The molecule has 0 spiro atoms. The average molecular weight is 135 g/mol. The Morgan fingerprint density at radius 2 is 2.40 bits per heavy atom. The summed E-state index contributed by atoms with van der Waals surface area (Å²) in [6, 6.07) is 0. The van der Waals surface area contributed by atoms with Crippen molar-refractivity contribution in [3.63, 3.8) is 0 Å². The quantitative estimate of drug-likeness (QED) is 0.274. The number of amides is 1. The molecule has 0 aromatic heterocycles. The largest absolute Gasteiger partial charge is 1.00 e. The van der Waals surface area contributed by atoms with E-state index in [9.17, 15) is 9.90 Å². The van der Waals surface area contributed by atoms with Crippen molar-refractivity contribution in [2.75, 3.05) is 13.2 Å². The molecule has 0 saturated carbocycles. The smallest absolute Gasteiger partial charge is 0.860 e. The molecule has 1 heterocycles. The topological polar surface area (TPSA) is 52.6 Å². The number of hydrogen-bond donors (Lipinski definition) is 0. The number of carbonyl (C=O) groups excluding carboxylic acids is 1. The van der Waals surface area contributed by atoms with Crippen LogP contribution in [0.3, 0.4) is 0 Å². The van der Waals surface area contributed by atoms with Gasteiger partial charge in [-0.25, -0.2) is 4.79 Å². The number of hydrogen-bond acceptors (Lipinski definition) is 3. The molecule has 50 valence electrons. The molecule has 0 aromatic carbocycles. The van der Waals surface area contributed by atoms with Crippen molar-refractivity contribution in [2.45, 2.75) is 0 Å². The average Bonchev–Trinajstić information content (AvgIpc) is 2.13. The molecule has 4 nitrogen and oxygen atoms in total. The monoisotopic (exact) mass is 135 g/mol. The van der Waals surface area contributed by atoms with E-state index in [1.54, 1.807) is 0 Å². The number of cyclic esters (lactones) is 1. The number of carbonyl (C=O) groups is 1. The SMILES string of the molecule is C=C([O-])N1CCOC1=O.[Li+]. The van der Waals surface area contributed by atoms with Crippen LogP contribution in [0.2, 0.25) is 0 Å². The normalized spacial score (nSPS) is 16.0. The Balaban J connectivity index is 0.000000810. The van der Waals surface area contributed by atoms with E-state index >= 15 is 0 Å². The van der Waals surface area contributed by atoms with E-state index in [4.69, 9.17) is 0 Å². The zero-order chi connectivity index (χ0) is 6.85. The Kier molecular flexibility index (Phi) is 3.33. The predicted molar refractivity (Wildman–Crippen MR) is 27.2 cm³/mol. The van der Waals surface area contributed by atoms with Gasteiger partial charge in [-0.3, -0.25) is 4.90 Å². The van der Waals surface area contributed by atoms with Gasteiger partial charge >= 0.3 is 25.0 Å². The Bertz CT molecular complexity index is 159. The molecule has 1 fully saturated rings. The molecule has 0 aliphatic carbocycles. The van der Waals surface area contributed by atoms with Crippen LogP contribution >= 0.6 is 0 Å². The van der Waals surface area contributed by atoms with Crippen molar-refractivity contribution in [3.05, 3.63) is 12.5 Å². The Morgan fingerprint density at radius 1 is 1.80 bits per heavy atom. The van der Waals surface area contributed by atoms with Crippen LogP contribution in [0.15, 0.2) is 12.5 Å². The third-order valence-electron chi connectivity index (χ3n) is 1.06. The Labute approximate surface area is 70.6 Å². The van der Waals surface area contributed by atoms with Gasteiger partial charge in [0.1, 0.15) is 6.61 Å². The van der Waals surface area contributed by atoms with Gasteiger partial charge in [0.05, 0.1) is 6.54 Å². The molecule has 0 aromatic rings. The van der Waals surface area contributed by atoms with E-state index in [0.29, 0.717) is 13.2 Å². The van der Waals surface area contributed by atoms with E-state index in [0.717, 1.165) is 4.90 Å². The van der Waals surface area contributed by atoms with Crippen LogP contribution < -0.4 is 24.0 Å². The van der Waals surface area contributed by atoms with Crippen molar-refractivity contribution >= 4 is 6.09 Å². The van der Waals surface area contributed by atoms with Crippen LogP contribution in [0, 0.1) is 0 Å². The third-order valence-corrected chi connectivity index (χ3v) is 1.06. The van der Waals surface area contributed by atoms with Crippen LogP contribution in [0.1, 0.15) is 0 Å². The van der Waals surface area contributed by atoms with Gasteiger partial charge in [0.25, 0.3) is 0 Å². The zero-order valence-corrected chi connectivity index (χ0v) is 5.79. The van der Waals surface area contributed by atoms with Crippen LogP contribution in [-0.2, 0) is 4.74 Å². The number of ether oxygens (including phenoxy) is 1. The summed E-state index contributed by atoms with van der Waals surface area (Å²) in [5, 5.41) is 10.4. The van der Waals surface area contributed by atoms with Gasteiger partial charge in [-0.15, -0.1) is 0 Å². The van der Waals surface area contributed by atoms with Gasteiger partial charge in [0.2, 0.25) is 0 Å². The fourth-order valence-corrected chi connectivity index (χ4v) is 0.620. The van der Waals surface area contributed by atoms with Gasteiger partial charge in [0.15, 0.2) is 0 Å². The van der Waals surface area contributed by atoms with E-state index in [1.807, 2.05) is 0 Å². The number of rotatable bonds is 1. The van der Waals surface area contributed by atoms with Crippen LogP contribution in [0.5, 0.6) is 0 Å². The van der Waals surface area contributed by atoms with E-state index in [-0.39, 0.29) is 18.9 Å². The molecule has 1 amide bonds. The van der Waals surface area contributed by atoms with Crippen molar-refractivity contribution in [1.29, 1.82) is 0 Å². The van der Waals surface area contributed by atoms with Gasteiger partial charge in [-0.1, -0.05) is 6.58 Å². The molecule has 0 N–H and O–H groups in total. The summed E-state index contributed by atoms with van der Waals surface area (Å²) < 4.78 is 4.45. The number of nitrogens with zero attached hydrogens (tertiary/aromatic N) is 1.